The Labute approximate surface area is 351 Å². The Morgan fingerprint density at radius 3 is 0.982 bits per heavy atom. The first-order chi connectivity index (χ1) is 27.7. The standard InChI is InChI=1S/C52H101NO3/c1-3-5-7-9-11-13-15-16-17-18-19-20-21-22-23-24-25-26-27-28-29-30-31-32-33-34-35-36-38-40-42-44-46-48-52(56)53-50(49-54)51(55)47-45-43-41-39-37-14-12-10-8-6-4-2/h18-19,45,47,50-51,54-55H,3-17,20-44,46,48-49H2,1-2H3,(H,53,56)/b19-18-,47-45+. The van der Waals surface area contributed by atoms with E-state index < -0.39 is 12.1 Å². The number of aliphatic hydroxyl groups excluding tert-OH is 2. The van der Waals surface area contributed by atoms with Crippen molar-refractivity contribution in [1.82, 2.24) is 5.32 Å². The van der Waals surface area contributed by atoms with Gasteiger partial charge in [-0.05, 0) is 44.9 Å². The summed E-state index contributed by atoms with van der Waals surface area (Å²) in [5, 5.41) is 23.0. The maximum Gasteiger partial charge on any atom is 0.220 e. The molecule has 0 rings (SSSR count). The summed E-state index contributed by atoms with van der Waals surface area (Å²) in [6, 6.07) is -0.617. The van der Waals surface area contributed by atoms with E-state index in [9.17, 15) is 15.0 Å². The van der Waals surface area contributed by atoms with Crippen LogP contribution in [0.25, 0.3) is 0 Å². The number of carbonyl (C=O) groups is 1. The predicted octanol–water partition coefficient (Wildman–Crippen LogP) is 16.4. The van der Waals surface area contributed by atoms with Crippen LogP contribution in [-0.4, -0.2) is 34.9 Å². The van der Waals surface area contributed by atoms with Crippen LogP contribution in [0.2, 0.25) is 0 Å². The largest absolute Gasteiger partial charge is 0.394 e. The van der Waals surface area contributed by atoms with Gasteiger partial charge in [-0.2, -0.15) is 0 Å². The van der Waals surface area contributed by atoms with Crippen LogP contribution in [0.3, 0.4) is 0 Å². The minimum atomic E-state index is -0.834. The number of aliphatic hydroxyl groups is 2. The molecule has 1 amide bonds. The van der Waals surface area contributed by atoms with Gasteiger partial charge in [-0.15, -0.1) is 0 Å². The molecule has 0 aliphatic rings. The van der Waals surface area contributed by atoms with Crippen LogP contribution >= 0.6 is 0 Å². The minimum Gasteiger partial charge on any atom is -0.394 e. The molecule has 2 atom stereocenters. The lowest BCUT2D eigenvalue weighted by molar-refractivity contribution is -0.123. The third-order valence-corrected chi connectivity index (χ3v) is 11.9. The number of hydrogen-bond donors (Lipinski definition) is 3. The van der Waals surface area contributed by atoms with Gasteiger partial charge in [0.1, 0.15) is 0 Å². The van der Waals surface area contributed by atoms with Crippen LogP contribution < -0.4 is 5.32 Å². The molecule has 0 aliphatic heterocycles. The van der Waals surface area contributed by atoms with Crippen LogP contribution in [0.4, 0.5) is 0 Å². The summed E-state index contributed by atoms with van der Waals surface area (Å²) in [4.78, 5) is 12.4. The van der Waals surface area contributed by atoms with Gasteiger partial charge >= 0.3 is 0 Å². The molecular formula is C52H101NO3. The van der Waals surface area contributed by atoms with E-state index in [0.717, 1.165) is 25.7 Å². The van der Waals surface area contributed by atoms with Crippen LogP contribution in [0.5, 0.6) is 0 Å². The molecule has 332 valence electrons. The van der Waals surface area contributed by atoms with Crippen LogP contribution in [-0.2, 0) is 4.79 Å². The van der Waals surface area contributed by atoms with Crippen molar-refractivity contribution >= 4 is 5.91 Å². The second kappa shape index (κ2) is 48.2. The zero-order chi connectivity index (χ0) is 40.7. The third-order valence-electron chi connectivity index (χ3n) is 11.9. The molecule has 2 unspecified atom stereocenters. The second-order valence-electron chi connectivity index (χ2n) is 17.6. The van der Waals surface area contributed by atoms with Crippen molar-refractivity contribution in [2.45, 2.75) is 296 Å². The quantitative estimate of drug-likeness (QED) is 0.0425. The first kappa shape index (κ1) is 54.9. The van der Waals surface area contributed by atoms with E-state index in [1.54, 1.807) is 6.08 Å². The third kappa shape index (κ3) is 44.0. The fourth-order valence-corrected chi connectivity index (χ4v) is 8.00. The van der Waals surface area contributed by atoms with Crippen LogP contribution in [0.15, 0.2) is 24.3 Å². The number of nitrogens with one attached hydrogen (secondary N) is 1. The first-order valence-corrected chi connectivity index (χ1v) is 25.6. The molecule has 4 nitrogen and oxygen atoms in total. The molecule has 0 spiro atoms. The summed E-state index contributed by atoms with van der Waals surface area (Å²) < 4.78 is 0. The van der Waals surface area contributed by atoms with E-state index in [4.69, 9.17) is 0 Å². The highest BCUT2D eigenvalue weighted by atomic mass is 16.3. The maximum atomic E-state index is 12.4. The van der Waals surface area contributed by atoms with E-state index in [1.807, 2.05) is 6.08 Å². The summed E-state index contributed by atoms with van der Waals surface area (Å²) >= 11 is 0. The van der Waals surface area contributed by atoms with Gasteiger partial charge in [0.2, 0.25) is 5.91 Å². The fourth-order valence-electron chi connectivity index (χ4n) is 8.00. The molecule has 0 aromatic carbocycles. The number of amides is 1. The Balaban J connectivity index is 3.39. The molecule has 0 radical (unpaired) electrons. The highest BCUT2D eigenvalue weighted by Crippen LogP contribution is 2.17. The van der Waals surface area contributed by atoms with Crippen LogP contribution in [0.1, 0.15) is 284 Å². The second-order valence-corrected chi connectivity index (χ2v) is 17.6. The SMILES string of the molecule is CCCCCCCCCC/C=C\CCCCCCCCCCCCCCCCCCCCCCCC(=O)NC(CO)C(O)/C=C/CCCCCCCCCCC. The van der Waals surface area contributed by atoms with Crippen molar-refractivity contribution in [3.63, 3.8) is 0 Å². The molecule has 0 heterocycles. The molecule has 0 saturated heterocycles. The first-order valence-electron chi connectivity index (χ1n) is 25.6. The Bertz CT molecular complexity index is 810. The Hall–Kier alpha value is -1.13. The normalized spacial score (nSPS) is 13.0. The minimum absolute atomic E-state index is 0.0606. The molecule has 0 bridgehead atoms. The molecule has 56 heavy (non-hydrogen) atoms. The lowest BCUT2D eigenvalue weighted by Gasteiger charge is -2.20. The average molecular weight is 788 g/mol. The molecule has 0 aromatic rings. The van der Waals surface area contributed by atoms with Crippen molar-refractivity contribution in [2.24, 2.45) is 0 Å². The molecular weight excluding hydrogens is 687 g/mol. The van der Waals surface area contributed by atoms with Crippen molar-refractivity contribution in [3.8, 4) is 0 Å². The zero-order valence-corrected chi connectivity index (χ0v) is 38.2. The van der Waals surface area contributed by atoms with Crippen molar-refractivity contribution in [3.05, 3.63) is 24.3 Å². The van der Waals surface area contributed by atoms with Gasteiger partial charge in [-0.25, -0.2) is 0 Å². The summed E-state index contributed by atoms with van der Waals surface area (Å²) in [6.45, 7) is 4.31. The smallest absolute Gasteiger partial charge is 0.220 e. The van der Waals surface area contributed by atoms with Gasteiger partial charge in [0.15, 0.2) is 0 Å². The summed E-state index contributed by atoms with van der Waals surface area (Å²) in [7, 11) is 0. The van der Waals surface area contributed by atoms with Crippen LogP contribution in [0, 0.1) is 0 Å². The lowest BCUT2D eigenvalue weighted by Crippen LogP contribution is -2.45. The Kier molecular flexibility index (Phi) is 47.3. The van der Waals surface area contributed by atoms with Gasteiger partial charge in [0.05, 0.1) is 18.8 Å². The van der Waals surface area contributed by atoms with E-state index >= 15 is 0 Å². The number of allylic oxidation sites excluding steroid dienone is 3. The molecule has 4 heteroatoms. The fraction of sp³-hybridized carbons (Fsp3) is 0.904. The average Bonchev–Trinajstić information content (AvgIpc) is 3.20. The highest BCUT2D eigenvalue weighted by Gasteiger charge is 2.18. The van der Waals surface area contributed by atoms with E-state index in [2.05, 4.69) is 31.3 Å². The van der Waals surface area contributed by atoms with Gasteiger partial charge in [0.25, 0.3) is 0 Å². The highest BCUT2D eigenvalue weighted by molar-refractivity contribution is 5.76. The van der Waals surface area contributed by atoms with Gasteiger partial charge in [-0.3, -0.25) is 4.79 Å². The lowest BCUT2D eigenvalue weighted by atomic mass is 10.0. The summed E-state index contributed by atoms with van der Waals surface area (Å²) in [6.07, 6.45) is 63.3. The zero-order valence-electron chi connectivity index (χ0n) is 38.2. The number of unbranched alkanes of at least 4 members (excludes halogenated alkanes) is 38. The molecule has 0 saturated carbocycles. The Morgan fingerprint density at radius 1 is 0.411 bits per heavy atom. The summed E-state index contributed by atoms with van der Waals surface area (Å²) in [5.74, 6) is -0.0606. The van der Waals surface area contributed by atoms with Crippen molar-refractivity contribution in [1.29, 1.82) is 0 Å². The van der Waals surface area contributed by atoms with Crippen molar-refractivity contribution in [2.75, 3.05) is 6.61 Å². The molecule has 3 N–H and O–H groups in total. The van der Waals surface area contributed by atoms with E-state index in [-0.39, 0.29) is 12.5 Å². The van der Waals surface area contributed by atoms with E-state index in [1.165, 1.54) is 238 Å². The monoisotopic (exact) mass is 788 g/mol. The molecule has 0 aromatic heterocycles. The molecule has 0 fully saturated rings. The number of carbonyl (C=O) groups excluding carboxylic acids is 1. The summed E-state index contributed by atoms with van der Waals surface area (Å²) in [5.41, 5.74) is 0. The topological polar surface area (TPSA) is 69.6 Å². The van der Waals surface area contributed by atoms with Gasteiger partial charge in [0, 0.05) is 6.42 Å². The van der Waals surface area contributed by atoms with E-state index in [0.29, 0.717) is 6.42 Å². The molecule has 0 aliphatic carbocycles. The Morgan fingerprint density at radius 2 is 0.679 bits per heavy atom. The van der Waals surface area contributed by atoms with Gasteiger partial charge < -0.3 is 15.5 Å². The number of rotatable bonds is 47. The predicted molar refractivity (Wildman–Crippen MR) is 249 cm³/mol. The van der Waals surface area contributed by atoms with Gasteiger partial charge in [-0.1, -0.05) is 256 Å². The number of hydrogen-bond acceptors (Lipinski definition) is 3. The maximum absolute atomic E-state index is 12.4. The van der Waals surface area contributed by atoms with Crippen molar-refractivity contribution < 1.29 is 15.0 Å².